The highest BCUT2D eigenvalue weighted by molar-refractivity contribution is 8.00. The van der Waals surface area contributed by atoms with Crippen LogP contribution in [0.25, 0.3) is 0 Å². The molecule has 3 nitrogen and oxygen atoms in total. The molecule has 4 heteroatoms. The van der Waals surface area contributed by atoms with Crippen LogP contribution < -0.4 is 5.73 Å². The molecule has 2 N–H and O–H groups in total. The summed E-state index contributed by atoms with van der Waals surface area (Å²) in [6, 6.07) is 0. The van der Waals surface area contributed by atoms with Crippen LogP contribution in [0.5, 0.6) is 0 Å². The topological polar surface area (TPSA) is 38.5 Å². The Labute approximate surface area is 97.7 Å². The van der Waals surface area contributed by atoms with Gasteiger partial charge in [0.05, 0.1) is 13.2 Å². The summed E-state index contributed by atoms with van der Waals surface area (Å²) in [6.07, 6.45) is 1.27. The van der Waals surface area contributed by atoms with Gasteiger partial charge < -0.3 is 15.4 Å². The van der Waals surface area contributed by atoms with Gasteiger partial charge in [0.2, 0.25) is 0 Å². The standard InChI is InChI=1S/C11H24N2OS/c1-11(2)3-5-13(7-10-15-11)6-9-14-8-4-12/h3-10,12H2,1-2H3. The first kappa shape index (κ1) is 13.3. The van der Waals surface area contributed by atoms with Gasteiger partial charge in [0.15, 0.2) is 0 Å². The molecule has 0 atom stereocenters. The van der Waals surface area contributed by atoms with Crippen LogP contribution in [0, 0.1) is 0 Å². The van der Waals surface area contributed by atoms with Crippen molar-refractivity contribution in [1.82, 2.24) is 4.90 Å². The first-order valence-electron chi connectivity index (χ1n) is 5.78. The lowest BCUT2D eigenvalue weighted by atomic mass is 10.1. The maximum atomic E-state index is 5.40. The Balaban J connectivity index is 2.14. The first-order valence-corrected chi connectivity index (χ1v) is 6.77. The molecule has 1 heterocycles. The van der Waals surface area contributed by atoms with Gasteiger partial charge in [-0.05, 0) is 13.0 Å². The predicted molar refractivity (Wildman–Crippen MR) is 67.5 cm³/mol. The molecule has 1 fully saturated rings. The molecular formula is C11H24N2OS. The smallest absolute Gasteiger partial charge is 0.0594 e. The Hall–Kier alpha value is 0.230. The van der Waals surface area contributed by atoms with Crippen LogP contribution >= 0.6 is 11.8 Å². The Morgan fingerprint density at radius 3 is 2.87 bits per heavy atom. The van der Waals surface area contributed by atoms with E-state index in [0.717, 1.165) is 13.2 Å². The highest BCUT2D eigenvalue weighted by Crippen LogP contribution is 2.30. The van der Waals surface area contributed by atoms with E-state index < -0.39 is 0 Å². The van der Waals surface area contributed by atoms with E-state index in [0.29, 0.717) is 17.9 Å². The minimum absolute atomic E-state index is 0.451. The summed E-state index contributed by atoms with van der Waals surface area (Å²) in [5, 5.41) is 0. The Bertz CT molecular complexity index is 176. The van der Waals surface area contributed by atoms with E-state index in [1.165, 1.54) is 25.3 Å². The van der Waals surface area contributed by atoms with E-state index in [9.17, 15) is 0 Å². The number of ether oxygens (including phenoxy) is 1. The lowest BCUT2D eigenvalue weighted by molar-refractivity contribution is 0.111. The third-order valence-electron chi connectivity index (χ3n) is 2.74. The zero-order valence-corrected chi connectivity index (χ0v) is 10.8. The van der Waals surface area contributed by atoms with Gasteiger partial charge in [-0.2, -0.15) is 11.8 Å². The number of thioether (sulfide) groups is 1. The molecule has 1 saturated heterocycles. The van der Waals surface area contributed by atoms with Crippen molar-refractivity contribution >= 4 is 11.8 Å². The normalized spacial score (nSPS) is 22.6. The molecule has 0 bridgehead atoms. The van der Waals surface area contributed by atoms with Crippen molar-refractivity contribution in [3.05, 3.63) is 0 Å². The summed E-state index contributed by atoms with van der Waals surface area (Å²) in [4.78, 5) is 2.50. The first-order chi connectivity index (χ1) is 7.14. The molecular weight excluding hydrogens is 208 g/mol. The summed E-state index contributed by atoms with van der Waals surface area (Å²) in [5.41, 5.74) is 5.37. The van der Waals surface area contributed by atoms with Crippen molar-refractivity contribution in [3.8, 4) is 0 Å². The second kappa shape index (κ2) is 6.74. The zero-order valence-electron chi connectivity index (χ0n) is 10.00. The molecule has 1 rings (SSSR count). The number of hydrogen-bond donors (Lipinski definition) is 1. The molecule has 1 aliphatic heterocycles. The van der Waals surface area contributed by atoms with Crippen molar-refractivity contribution in [2.24, 2.45) is 5.73 Å². The summed E-state index contributed by atoms with van der Waals surface area (Å²) in [5.74, 6) is 1.24. The summed E-state index contributed by atoms with van der Waals surface area (Å²) >= 11 is 2.09. The number of nitrogens with two attached hydrogens (primary N) is 1. The fraction of sp³-hybridized carbons (Fsp3) is 1.00. The largest absolute Gasteiger partial charge is 0.379 e. The molecule has 0 aliphatic carbocycles. The fourth-order valence-corrected chi connectivity index (χ4v) is 2.80. The summed E-state index contributed by atoms with van der Waals surface area (Å²) in [6.45, 7) is 10.3. The minimum atomic E-state index is 0.451. The highest BCUT2D eigenvalue weighted by Gasteiger charge is 2.23. The second-order valence-electron chi connectivity index (χ2n) is 4.60. The van der Waals surface area contributed by atoms with Crippen molar-refractivity contribution < 1.29 is 4.74 Å². The highest BCUT2D eigenvalue weighted by atomic mass is 32.2. The van der Waals surface area contributed by atoms with Gasteiger partial charge in [-0.3, -0.25) is 0 Å². The number of nitrogens with zero attached hydrogens (tertiary/aromatic N) is 1. The van der Waals surface area contributed by atoms with Crippen LogP contribution in [0.15, 0.2) is 0 Å². The van der Waals surface area contributed by atoms with Crippen molar-refractivity contribution in [3.63, 3.8) is 0 Å². The Morgan fingerprint density at radius 1 is 1.33 bits per heavy atom. The van der Waals surface area contributed by atoms with Crippen molar-refractivity contribution in [2.45, 2.75) is 25.0 Å². The molecule has 0 saturated carbocycles. The van der Waals surface area contributed by atoms with Gasteiger partial charge in [-0.25, -0.2) is 0 Å². The molecule has 0 spiro atoms. The van der Waals surface area contributed by atoms with Gasteiger partial charge in [0, 0.05) is 30.1 Å². The van der Waals surface area contributed by atoms with Crippen LogP contribution in [0.4, 0.5) is 0 Å². The van der Waals surface area contributed by atoms with Gasteiger partial charge in [-0.15, -0.1) is 0 Å². The van der Waals surface area contributed by atoms with Crippen molar-refractivity contribution in [1.29, 1.82) is 0 Å². The Kier molecular flexibility index (Phi) is 5.97. The predicted octanol–water partition coefficient (Wildman–Crippen LogP) is 1.18. The fourth-order valence-electron chi connectivity index (χ4n) is 1.67. The SMILES string of the molecule is CC1(C)CCN(CCOCCN)CCS1. The summed E-state index contributed by atoms with van der Waals surface area (Å²) < 4.78 is 5.86. The number of rotatable bonds is 5. The van der Waals surface area contributed by atoms with Crippen LogP contribution in [-0.4, -0.2) is 54.8 Å². The quantitative estimate of drug-likeness (QED) is 0.723. The number of hydrogen-bond acceptors (Lipinski definition) is 4. The lowest BCUT2D eigenvalue weighted by Gasteiger charge is -2.22. The molecule has 1 aliphatic rings. The van der Waals surface area contributed by atoms with Crippen molar-refractivity contribution in [2.75, 3.05) is 45.1 Å². The molecule has 0 amide bonds. The van der Waals surface area contributed by atoms with Crippen LogP contribution in [-0.2, 0) is 4.74 Å². The third kappa shape index (κ3) is 5.76. The lowest BCUT2D eigenvalue weighted by Crippen LogP contribution is -2.31. The zero-order chi connectivity index (χ0) is 11.1. The third-order valence-corrected chi connectivity index (χ3v) is 4.12. The molecule has 0 aromatic heterocycles. The molecule has 90 valence electrons. The van der Waals surface area contributed by atoms with Crippen LogP contribution in [0.1, 0.15) is 20.3 Å². The molecule has 0 radical (unpaired) electrons. The van der Waals surface area contributed by atoms with E-state index >= 15 is 0 Å². The molecule has 0 unspecified atom stereocenters. The van der Waals surface area contributed by atoms with E-state index in [1.807, 2.05) is 0 Å². The van der Waals surface area contributed by atoms with Gasteiger partial charge in [0.25, 0.3) is 0 Å². The van der Waals surface area contributed by atoms with E-state index in [-0.39, 0.29) is 0 Å². The van der Waals surface area contributed by atoms with E-state index in [4.69, 9.17) is 10.5 Å². The molecule has 0 aromatic carbocycles. The average molecular weight is 232 g/mol. The van der Waals surface area contributed by atoms with Gasteiger partial charge in [-0.1, -0.05) is 13.8 Å². The van der Waals surface area contributed by atoms with E-state index in [1.54, 1.807) is 0 Å². The van der Waals surface area contributed by atoms with E-state index in [2.05, 4.69) is 30.5 Å². The van der Waals surface area contributed by atoms with Gasteiger partial charge >= 0.3 is 0 Å². The molecule has 0 aromatic rings. The van der Waals surface area contributed by atoms with Gasteiger partial charge in [0.1, 0.15) is 0 Å². The minimum Gasteiger partial charge on any atom is -0.379 e. The monoisotopic (exact) mass is 232 g/mol. The second-order valence-corrected chi connectivity index (χ2v) is 6.40. The Morgan fingerprint density at radius 2 is 2.13 bits per heavy atom. The van der Waals surface area contributed by atoms with Crippen LogP contribution in [0.2, 0.25) is 0 Å². The molecule has 15 heavy (non-hydrogen) atoms. The summed E-state index contributed by atoms with van der Waals surface area (Å²) in [7, 11) is 0. The maximum absolute atomic E-state index is 5.40. The maximum Gasteiger partial charge on any atom is 0.0594 e. The average Bonchev–Trinajstić information content (AvgIpc) is 2.35. The van der Waals surface area contributed by atoms with Crippen LogP contribution in [0.3, 0.4) is 0 Å².